The van der Waals surface area contributed by atoms with Gasteiger partial charge in [-0.25, -0.2) is 0 Å². The SMILES string of the molecule is C=C1Nc2ccc(cc2)OCCCOc2ccc(cc2)CNc2nc(nc(OCC(F)(F)F)n2)Nc2ccc(cc2)C(=O)NCC(C)(C)CNC1=O. The van der Waals surface area contributed by atoms with E-state index in [0.717, 1.165) is 5.56 Å². The number of nitrogens with one attached hydrogen (secondary N) is 5. The second kappa shape index (κ2) is 16.8. The van der Waals surface area contributed by atoms with Gasteiger partial charge in [-0.3, -0.25) is 9.59 Å². The standard InChI is InChI=1S/C36H39F3N8O5/c1-23-30(48)41-20-35(2,3)21-42-31(49)25-7-9-27(10-8-25)44-33-45-32(46-34(47-33)52-22-36(37,38)39)40-19-24-5-13-28(14-6-24)50-17-4-18-51-29-15-11-26(43-23)12-16-29/h5-16,43H,1,4,17-22H2,2-3H3,(H,41,48)(H,42,49)(H2,40,44,45,46,47). The van der Waals surface area contributed by atoms with Gasteiger partial charge in [0.15, 0.2) is 6.61 Å². The first-order valence-corrected chi connectivity index (χ1v) is 16.3. The van der Waals surface area contributed by atoms with Crippen LogP contribution in [0.3, 0.4) is 0 Å². The largest absolute Gasteiger partial charge is 0.493 e. The van der Waals surface area contributed by atoms with Crippen LogP contribution in [0.25, 0.3) is 0 Å². The molecule has 1 aromatic heterocycles. The molecule has 5 N–H and O–H groups in total. The van der Waals surface area contributed by atoms with Crippen molar-refractivity contribution in [2.45, 2.75) is 33.0 Å². The Morgan fingerprint density at radius 1 is 0.750 bits per heavy atom. The lowest BCUT2D eigenvalue weighted by molar-refractivity contribution is -0.154. The number of halogens is 3. The Bertz CT molecular complexity index is 1840. The van der Waals surface area contributed by atoms with Gasteiger partial charge in [0.25, 0.3) is 11.8 Å². The van der Waals surface area contributed by atoms with Gasteiger partial charge in [-0.15, -0.1) is 0 Å². The number of rotatable bonds is 2. The zero-order chi connectivity index (χ0) is 37.1. The maximum absolute atomic E-state index is 12.9. The lowest BCUT2D eigenvalue weighted by Crippen LogP contribution is -2.42. The minimum Gasteiger partial charge on any atom is -0.493 e. The van der Waals surface area contributed by atoms with Crippen molar-refractivity contribution in [3.8, 4) is 17.5 Å². The number of nitrogens with zero attached hydrogens (tertiary/aromatic N) is 3. The molecule has 52 heavy (non-hydrogen) atoms. The molecule has 0 atom stereocenters. The van der Waals surface area contributed by atoms with Gasteiger partial charge in [0, 0.05) is 43.0 Å². The predicted molar refractivity (Wildman–Crippen MR) is 189 cm³/mol. The van der Waals surface area contributed by atoms with Crippen LogP contribution in [-0.2, 0) is 11.3 Å². The molecule has 0 spiro atoms. The number of ether oxygens (including phenoxy) is 3. The van der Waals surface area contributed by atoms with Crippen molar-refractivity contribution in [1.82, 2.24) is 25.6 Å². The molecule has 0 saturated heterocycles. The molecule has 8 bridgehead atoms. The summed E-state index contributed by atoms with van der Waals surface area (Å²) in [5.41, 5.74) is 1.96. The fourth-order valence-electron chi connectivity index (χ4n) is 4.64. The number of hydrogen-bond acceptors (Lipinski definition) is 11. The highest BCUT2D eigenvalue weighted by Crippen LogP contribution is 2.22. The molecular formula is C36H39F3N8O5. The maximum Gasteiger partial charge on any atom is 0.422 e. The second-order valence-electron chi connectivity index (χ2n) is 12.6. The second-order valence-corrected chi connectivity index (χ2v) is 12.6. The quantitative estimate of drug-likeness (QED) is 0.159. The van der Waals surface area contributed by atoms with E-state index in [1.807, 2.05) is 26.0 Å². The number of amides is 2. The molecule has 0 unspecified atom stereocenters. The average molecular weight is 721 g/mol. The molecule has 0 saturated carbocycles. The van der Waals surface area contributed by atoms with Gasteiger partial charge in [0.05, 0.1) is 18.9 Å². The van der Waals surface area contributed by atoms with Gasteiger partial charge in [-0.2, -0.15) is 28.1 Å². The number of aromatic nitrogens is 3. The van der Waals surface area contributed by atoms with E-state index in [2.05, 4.69) is 48.1 Å². The van der Waals surface area contributed by atoms with Crippen molar-refractivity contribution < 1.29 is 37.0 Å². The number of anilines is 4. The van der Waals surface area contributed by atoms with E-state index >= 15 is 0 Å². The summed E-state index contributed by atoms with van der Waals surface area (Å²) < 4.78 is 55.2. The van der Waals surface area contributed by atoms with Crippen molar-refractivity contribution >= 4 is 35.1 Å². The van der Waals surface area contributed by atoms with Crippen LogP contribution >= 0.6 is 0 Å². The molecule has 8 rings (SSSR count). The lowest BCUT2D eigenvalue weighted by Gasteiger charge is -2.25. The molecule has 0 aliphatic carbocycles. The summed E-state index contributed by atoms with van der Waals surface area (Å²) in [4.78, 5) is 37.9. The number of carbonyl (C=O) groups is 2. The summed E-state index contributed by atoms with van der Waals surface area (Å²) in [6.07, 6.45) is -3.98. The zero-order valence-corrected chi connectivity index (χ0v) is 28.6. The molecule has 5 heterocycles. The number of fused-ring (bicyclic) bond motifs is 3. The molecule has 2 amide bonds. The molecule has 16 heteroatoms. The van der Waals surface area contributed by atoms with Crippen LogP contribution in [0.2, 0.25) is 0 Å². The third-order valence-electron chi connectivity index (χ3n) is 7.46. The van der Waals surface area contributed by atoms with E-state index in [1.165, 1.54) is 0 Å². The van der Waals surface area contributed by atoms with Crippen molar-refractivity contribution in [1.29, 1.82) is 0 Å². The van der Waals surface area contributed by atoms with E-state index < -0.39 is 24.2 Å². The number of alkyl halides is 3. The Morgan fingerprint density at radius 2 is 1.31 bits per heavy atom. The fraction of sp³-hybridized carbons (Fsp3) is 0.306. The molecule has 4 aromatic rings. The van der Waals surface area contributed by atoms with Crippen LogP contribution < -0.4 is 40.8 Å². The number of carbonyl (C=O) groups excluding carboxylic acids is 2. The molecular weight excluding hydrogens is 681 g/mol. The minimum absolute atomic E-state index is 0.0222. The Morgan fingerprint density at radius 3 is 1.94 bits per heavy atom. The number of hydrogen-bond donors (Lipinski definition) is 5. The third kappa shape index (κ3) is 11.8. The Kier molecular flexibility index (Phi) is 12.0. The monoisotopic (exact) mass is 720 g/mol. The highest BCUT2D eigenvalue weighted by atomic mass is 19.4. The van der Waals surface area contributed by atoms with Crippen molar-refractivity contribution in [2.75, 3.05) is 48.9 Å². The van der Waals surface area contributed by atoms with Crippen molar-refractivity contribution in [2.24, 2.45) is 5.41 Å². The van der Waals surface area contributed by atoms with Gasteiger partial charge in [-0.1, -0.05) is 32.6 Å². The lowest BCUT2D eigenvalue weighted by atomic mass is 9.93. The summed E-state index contributed by atoms with van der Waals surface area (Å²) in [6, 6.07) is 20.2. The molecule has 3 aromatic carbocycles. The molecule has 4 aliphatic heterocycles. The first kappa shape index (κ1) is 37.2. The smallest absolute Gasteiger partial charge is 0.422 e. The minimum atomic E-state index is -4.60. The van der Waals surface area contributed by atoms with Crippen molar-refractivity contribution in [3.05, 3.63) is 96.2 Å². The zero-order valence-electron chi connectivity index (χ0n) is 28.6. The van der Waals surface area contributed by atoms with Crippen LogP contribution in [0, 0.1) is 5.41 Å². The Balaban J connectivity index is 1.31. The van der Waals surface area contributed by atoms with E-state index in [0.29, 0.717) is 48.1 Å². The summed E-state index contributed by atoms with van der Waals surface area (Å²) in [6.45, 7) is 7.64. The Labute approximate surface area is 298 Å². The van der Waals surface area contributed by atoms with Crippen LogP contribution in [0.1, 0.15) is 36.2 Å². The predicted octanol–water partition coefficient (Wildman–Crippen LogP) is 5.83. The van der Waals surface area contributed by atoms with E-state index in [9.17, 15) is 22.8 Å². The first-order valence-electron chi connectivity index (χ1n) is 16.3. The topological polar surface area (TPSA) is 161 Å². The first-order chi connectivity index (χ1) is 24.8. The van der Waals surface area contributed by atoms with Crippen LogP contribution in [0.4, 0.5) is 36.4 Å². The normalized spacial score (nSPS) is 16.0. The van der Waals surface area contributed by atoms with Crippen LogP contribution in [0.5, 0.6) is 17.5 Å². The van der Waals surface area contributed by atoms with E-state index in [4.69, 9.17) is 14.2 Å². The summed E-state index contributed by atoms with van der Waals surface area (Å²) in [7, 11) is 0. The highest BCUT2D eigenvalue weighted by Gasteiger charge is 2.29. The van der Waals surface area contributed by atoms with Gasteiger partial charge in [0.1, 0.15) is 11.5 Å². The number of benzene rings is 3. The molecule has 0 fully saturated rings. The van der Waals surface area contributed by atoms with Gasteiger partial charge >= 0.3 is 12.2 Å². The van der Waals surface area contributed by atoms with Crippen LogP contribution in [-0.4, -0.2) is 65.9 Å². The van der Waals surface area contributed by atoms with Crippen LogP contribution in [0.15, 0.2) is 85.1 Å². The van der Waals surface area contributed by atoms with Gasteiger partial charge < -0.3 is 40.8 Å². The highest BCUT2D eigenvalue weighted by molar-refractivity contribution is 5.96. The van der Waals surface area contributed by atoms with E-state index in [1.54, 1.807) is 60.7 Å². The Hall–Kier alpha value is -6.06. The van der Waals surface area contributed by atoms with Gasteiger partial charge in [0.2, 0.25) is 11.9 Å². The summed E-state index contributed by atoms with van der Waals surface area (Å²) >= 11 is 0. The maximum atomic E-state index is 12.9. The average Bonchev–Trinajstić information content (AvgIpc) is 3.12. The molecule has 13 nitrogen and oxygen atoms in total. The molecule has 0 radical (unpaired) electrons. The third-order valence-corrected chi connectivity index (χ3v) is 7.46. The molecule has 274 valence electrons. The summed E-state index contributed by atoms with van der Waals surface area (Å²) in [5.74, 6) is 0.475. The van der Waals surface area contributed by atoms with E-state index in [-0.39, 0.29) is 49.0 Å². The van der Waals surface area contributed by atoms with Crippen molar-refractivity contribution in [3.63, 3.8) is 0 Å². The fourth-order valence-corrected chi connectivity index (χ4v) is 4.64. The molecule has 4 aliphatic rings. The summed E-state index contributed by atoms with van der Waals surface area (Å²) in [5, 5.41) is 14.6. The van der Waals surface area contributed by atoms with Gasteiger partial charge in [-0.05, 0) is 71.6 Å².